The van der Waals surface area contributed by atoms with Crippen LogP contribution in [0.1, 0.15) is 277 Å². The van der Waals surface area contributed by atoms with Crippen LogP contribution in [0.25, 0.3) is 0 Å². The fourth-order valence-corrected chi connectivity index (χ4v) is 7.77. The summed E-state index contributed by atoms with van der Waals surface area (Å²) >= 11 is 0. The average Bonchev–Trinajstić information content (AvgIpc) is 3.16. The third-order valence-corrected chi connectivity index (χ3v) is 11.5. The summed E-state index contributed by atoms with van der Waals surface area (Å²) < 4.78 is 0. The number of rotatable bonds is 45. The van der Waals surface area contributed by atoms with E-state index < -0.39 is 12.1 Å². The third kappa shape index (κ3) is 42.1. The molecule has 3 N–H and O–H groups in total. The minimum Gasteiger partial charge on any atom is -0.394 e. The van der Waals surface area contributed by atoms with Gasteiger partial charge in [0.2, 0.25) is 5.91 Å². The predicted octanol–water partition coefficient (Wildman–Crippen LogP) is 15.4. The molecule has 1 amide bonds. The van der Waals surface area contributed by atoms with Gasteiger partial charge in [-0.05, 0) is 38.5 Å². The summed E-state index contributed by atoms with van der Waals surface area (Å²) in [6, 6.07) is -0.534. The molecule has 0 aliphatic rings. The molecule has 0 fully saturated rings. The first kappa shape index (κ1) is 52.1. The van der Waals surface area contributed by atoms with Crippen molar-refractivity contribution in [1.29, 1.82) is 0 Å². The summed E-state index contributed by atoms with van der Waals surface area (Å²) in [5.74, 6) is -0.0292. The lowest BCUT2D eigenvalue weighted by atomic mass is 10.0. The van der Waals surface area contributed by atoms with Crippen LogP contribution < -0.4 is 5.32 Å². The number of aliphatic hydroxyl groups is 2. The van der Waals surface area contributed by atoms with Crippen molar-refractivity contribution in [3.63, 3.8) is 0 Å². The van der Waals surface area contributed by atoms with Crippen LogP contribution in [-0.2, 0) is 4.79 Å². The molecule has 0 spiro atoms. The van der Waals surface area contributed by atoms with Crippen molar-refractivity contribution in [3.05, 3.63) is 12.2 Å². The van der Waals surface area contributed by atoms with E-state index in [1.54, 1.807) is 0 Å². The molecule has 0 radical (unpaired) electrons. The number of aliphatic hydroxyl groups excluding tert-OH is 2. The molecule has 0 aliphatic carbocycles. The zero-order valence-electron chi connectivity index (χ0n) is 36.3. The first-order valence-corrected chi connectivity index (χ1v) is 24.4. The molecule has 0 rings (SSSR count). The monoisotopic (exact) mass is 748 g/mol. The van der Waals surface area contributed by atoms with Crippen molar-refractivity contribution in [1.82, 2.24) is 5.32 Å². The topological polar surface area (TPSA) is 69.6 Å². The molecule has 0 heterocycles. The quantitative estimate of drug-likeness (QED) is 0.0429. The number of amides is 1. The minimum atomic E-state index is -0.657. The normalized spacial score (nSPS) is 12.9. The van der Waals surface area contributed by atoms with E-state index >= 15 is 0 Å². The van der Waals surface area contributed by atoms with Crippen LogP contribution in [0.3, 0.4) is 0 Å². The Kier molecular flexibility index (Phi) is 44.8. The largest absolute Gasteiger partial charge is 0.394 e. The van der Waals surface area contributed by atoms with E-state index in [4.69, 9.17) is 0 Å². The van der Waals surface area contributed by atoms with Crippen LogP contribution in [0.4, 0.5) is 0 Å². The van der Waals surface area contributed by atoms with E-state index in [1.165, 1.54) is 225 Å². The molecule has 0 saturated carbocycles. The van der Waals surface area contributed by atoms with Crippen LogP contribution in [-0.4, -0.2) is 34.9 Å². The lowest BCUT2D eigenvalue weighted by Gasteiger charge is -2.22. The van der Waals surface area contributed by atoms with E-state index in [0.717, 1.165) is 25.7 Å². The molecule has 2 atom stereocenters. The smallest absolute Gasteiger partial charge is 0.220 e. The second-order valence-electron chi connectivity index (χ2n) is 16.9. The van der Waals surface area contributed by atoms with Gasteiger partial charge in [-0.1, -0.05) is 244 Å². The van der Waals surface area contributed by atoms with Gasteiger partial charge in [-0.15, -0.1) is 0 Å². The lowest BCUT2D eigenvalue weighted by Crippen LogP contribution is -2.45. The first-order valence-electron chi connectivity index (χ1n) is 24.4. The predicted molar refractivity (Wildman–Crippen MR) is 235 cm³/mol. The summed E-state index contributed by atoms with van der Waals surface area (Å²) in [6.07, 6.45) is 57.3. The van der Waals surface area contributed by atoms with Crippen LogP contribution >= 0.6 is 0 Å². The maximum Gasteiger partial charge on any atom is 0.220 e. The Morgan fingerprint density at radius 2 is 0.717 bits per heavy atom. The molecular formula is C49H97NO3. The number of nitrogens with one attached hydrogen (secondary N) is 1. The van der Waals surface area contributed by atoms with E-state index in [-0.39, 0.29) is 12.5 Å². The number of hydrogen-bond acceptors (Lipinski definition) is 3. The average molecular weight is 748 g/mol. The molecule has 53 heavy (non-hydrogen) atoms. The molecular weight excluding hydrogens is 651 g/mol. The number of allylic oxidation sites excluding steroid dienone is 2. The number of unbranched alkanes of at least 4 members (excludes halogenated alkanes) is 36. The summed E-state index contributed by atoms with van der Waals surface area (Å²) in [6.45, 7) is 4.38. The Morgan fingerprint density at radius 1 is 0.434 bits per heavy atom. The summed E-state index contributed by atoms with van der Waals surface area (Å²) in [4.78, 5) is 12.4. The fourth-order valence-electron chi connectivity index (χ4n) is 7.77. The number of carbonyl (C=O) groups is 1. The van der Waals surface area contributed by atoms with Crippen molar-refractivity contribution in [2.45, 2.75) is 289 Å². The SMILES string of the molecule is CCCCCCCCCC/C=C\CCCCCCCCCCCC(=O)NC(CO)C(O)CCCCCCCCCCCCCCCCCCCCCC. The van der Waals surface area contributed by atoms with E-state index in [9.17, 15) is 15.0 Å². The molecule has 0 bridgehead atoms. The minimum absolute atomic E-state index is 0.0292. The van der Waals surface area contributed by atoms with Gasteiger partial charge < -0.3 is 15.5 Å². The molecule has 2 unspecified atom stereocenters. The number of carbonyl (C=O) groups excluding carboxylic acids is 1. The zero-order valence-corrected chi connectivity index (χ0v) is 36.3. The van der Waals surface area contributed by atoms with Gasteiger partial charge in [-0.2, -0.15) is 0 Å². The Labute approximate surface area is 333 Å². The van der Waals surface area contributed by atoms with Crippen molar-refractivity contribution < 1.29 is 15.0 Å². The highest BCUT2D eigenvalue weighted by Crippen LogP contribution is 2.17. The standard InChI is InChI=1S/C49H97NO3/c1-3-5-7-9-11-13-15-17-19-21-23-25-27-29-31-33-35-37-39-41-43-45-49(53)50-47(46-51)48(52)44-42-40-38-36-34-32-30-28-26-24-22-20-18-16-14-12-10-8-6-4-2/h21,23,47-48,51-52H,3-20,22,24-46H2,1-2H3,(H,50,53)/b23-21-. The van der Waals surface area contributed by atoms with Gasteiger partial charge >= 0.3 is 0 Å². The molecule has 4 heteroatoms. The first-order chi connectivity index (χ1) is 26.2. The van der Waals surface area contributed by atoms with E-state index in [1.807, 2.05) is 0 Å². The second-order valence-corrected chi connectivity index (χ2v) is 16.9. The molecule has 0 aliphatic heterocycles. The highest BCUT2D eigenvalue weighted by Gasteiger charge is 2.20. The molecule has 0 aromatic carbocycles. The van der Waals surface area contributed by atoms with Gasteiger partial charge in [0, 0.05) is 6.42 Å². The summed E-state index contributed by atoms with van der Waals surface area (Å²) in [5, 5.41) is 23.3. The number of hydrogen-bond donors (Lipinski definition) is 3. The van der Waals surface area contributed by atoms with E-state index in [2.05, 4.69) is 31.3 Å². The van der Waals surface area contributed by atoms with Crippen molar-refractivity contribution >= 4 is 5.91 Å². The van der Waals surface area contributed by atoms with Gasteiger partial charge in [0.1, 0.15) is 0 Å². The Hall–Kier alpha value is -0.870. The molecule has 316 valence electrons. The van der Waals surface area contributed by atoms with Crippen LogP contribution in [0.15, 0.2) is 12.2 Å². The molecule has 0 aromatic heterocycles. The third-order valence-electron chi connectivity index (χ3n) is 11.5. The molecule has 0 aromatic rings. The van der Waals surface area contributed by atoms with E-state index in [0.29, 0.717) is 12.8 Å². The van der Waals surface area contributed by atoms with Crippen LogP contribution in [0, 0.1) is 0 Å². The Bertz CT molecular complexity index is 725. The van der Waals surface area contributed by atoms with Gasteiger partial charge in [0.15, 0.2) is 0 Å². The highest BCUT2D eigenvalue weighted by atomic mass is 16.3. The summed E-state index contributed by atoms with van der Waals surface area (Å²) in [5.41, 5.74) is 0. The lowest BCUT2D eigenvalue weighted by molar-refractivity contribution is -0.123. The van der Waals surface area contributed by atoms with Gasteiger partial charge in [0.05, 0.1) is 18.8 Å². The molecule has 0 saturated heterocycles. The van der Waals surface area contributed by atoms with Gasteiger partial charge in [-0.3, -0.25) is 4.79 Å². The van der Waals surface area contributed by atoms with Crippen LogP contribution in [0.5, 0.6) is 0 Å². The summed E-state index contributed by atoms with van der Waals surface area (Å²) in [7, 11) is 0. The van der Waals surface area contributed by atoms with Gasteiger partial charge in [-0.25, -0.2) is 0 Å². The fraction of sp³-hybridized carbons (Fsp3) is 0.939. The second kappa shape index (κ2) is 45.5. The highest BCUT2D eigenvalue weighted by molar-refractivity contribution is 5.76. The van der Waals surface area contributed by atoms with Crippen molar-refractivity contribution in [3.8, 4) is 0 Å². The van der Waals surface area contributed by atoms with Crippen LogP contribution in [0.2, 0.25) is 0 Å². The van der Waals surface area contributed by atoms with Crippen molar-refractivity contribution in [2.24, 2.45) is 0 Å². The Morgan fingerprint density at radius 3 is 1.04 bits per heavy atom. The molecule has 4 nitrogen and oxygen atoms in total. The van der Waals surface area contributed by atoms with Gasteiger partial charge in [0.25, 0.3) is 0 Å². The van der Waals surface area contributed by atoms with Crippen molar-refractivity contribution in [2.75, 3.05) is 6.61 Å². The Balaban J connectivity index is 3.47. The zero-order chi connectivity index (χ0) is 38.6. The maximum absolute atomic E-state index is 12.4. The maximum atomic E-state index is 12.4.